The Hall–Kier alpha value is -2.49. The van der Waals surface area contributed by atoms with Gasteiger partial charge in [0.05, 0.1) is 4.92 Å². The summed E-state index contributed by atoms with van der Waals surface area (Å²) < 4.78 is 0. The summed E-state index contributed by atoms with van der Waals surface area (Å²) in [5.41, 5.74) is 2.19. The number of nitrogens with zero attached hydrogens (tertiary/aromatic N) is 1. The van der Waals surface area contributed by atoms with E-state index in [9.17, 15) is 14.9 Å². The highest BCUT2D eigenvalue weighted by atomic mass is 16.6. The van der Waals surface area contributed by atoms with Gasteiger partial charge in [-0.1, -0.05) is 31.2 Å². The molecular formula is C15H13NO3. The van der Waals surface area contributed by atoms with Crippen LogP contribution in [0.3, 0.4) is 0 Å². The Morgan fingerprint density at radius 1 is 1.00 bits per heavy atom. The van der Waals surface area contributed by atoms with Crippen molar-refractivity contribution in [2.24, 2.45) is 0 Å². The Morgan fingerprint density at radius 3 is 1.89 bits per heavy atom. The zero-order valence-electron chi connectivity index (χ0n) is 10.5. The molecule has 0 fully saturated rings. The van der Waals surface area contributed by atoms with Gasteiger partial charge in [-0.3, -0.25) is 14.9 Å². The Bertz CT molecular complexity index is 600. The lowest BCUT2D eigenvalue weighted by molar-refractivity contribution is -0.384. The monoisotopic (exact) mass is 255 g/mol. The largest absolute Gasteiger partial charge is 0.289 e. The van der Waals surface area contributed by atoms with Gasteiger partial charge in [-0.2, -0.15) is 0 Å². The molecule has 0 amide bonds. The minimum Gasteiger partial charge on any atom is -0.289 e. The first-order valence-corrected chi connectivity index (χ1v) is 6.00. The molecule has 0 bridgehead atoms. The van der Waals surface area contributed by atoms with E-state index in [4.69, 9.17) is 0 Å². The van der Waals surface area contributed by atoms with E-state index in [1.54, 1.807) is 12.1 Å². The van der Waals surface area contributed by atoms with Crippen LogP contribution in [-0.4, -0.2) is 10.7 Å². The minimum atomic E-state index is -0.482. The van der Waals surface area contributed by atoms with E-state index in [1.165, 1.54) is 29.8 Å². The van der Waals surface area contributed by atoms with Gasteiger partial charge >= 0.3 is 0 Å². The zero-order valence-corrected chi connectivity index (χ0v) is 10.5. The van der Waals surface area contributed by atoms with Crippen molar-refractivity contribution in [2.75, 3.05) is 0 Å². The number of aryl methyl sites for hydroxylation is 1. The van der Waals surface area contributed by atoms with Crippen LogP contribution >= 0.6 is 0 Å². The molecule has 0 aliphatic carbocycles. The molecule has 0 N–H and O–H groups in total. The van der Waals surface area contributed by atoms with Gasteiger partial charge in [0.1, 0.15) is 0 Å². The second-order valence-electron chi connectivity index (χ2n) is 4.18. The number of nitro groups is 1. The molecule has 96 valence electrons. The van der Waals surface area contributed by atoms with Gasteiger partial charge in [-0.05, 0) is 24.1 Å². The molecule has 0 saturated heterocycles. The summed E-state index contributed by atoms with van der Waals surface area (Å²) in [6, 6.07) is 13.0. The van der Waals surface area contributed by atoms with Crippen molar-refractivity contribution in [2.45, 2.75) is 13.3 Å². The predicted octanol–water partition coefficient (Wildman–Crippen LogP) is 3.39. The fourth-order valence-corrected chi connectivity index (χ4v) is 1.79. The molecule has 0 unspecified atom stereocenters. The number of ketones is 1. The standard InChI is InChI=1S/C15H13NO3/c1-2-11-3-5-12(6-4-11)15(17)13-7-9-14(10-8-13)16(18)19/h3-10H,2H2,1H3. The van der Waals surface area contributed by atoms with Crippen LogP contribution in [-0.2, 0) is 6.42 Å². The number of hydrogen-bond donors (Lipinski definition) is 0. The Labute approximate surface area is 110 Å². The van der Waals surface area contributed by atoms with E-state index in [-0.39, 0.29) is 11.5 Å². The van der Waals surface area contributed by atoms with E-state index >= 15 is 0 Å². The van der Waals surface area contributed by atoms with Crippen molar-refractivity contribution in [1.82, 2.24) is 0 Å². The third-order valence-electron chi connectivity index (χ3n) is 2.96. The maximum absolute atomic E-state index is 12.2. The second-order valence-corrected chi connectivity index (χ2v) is 4.18. The molecule has 0 aromatic heterocycles. The molecule has 4 nitrogen and oxygen atoms in total. The molecule has 0 atom stereocenters. The van der Waals surface area contributed by atoms with Crippen molar-refractivity contribution >= 4 is 11.5 Å². The molecule has 0 saturated carbocycles. The average Bonchev–Trinajstić information content (AvgIpc) is 2.46. The van der Waals surface area contributed by atoms with Crippen molar-refractivity contribution in [1.29, 1.82) is 0 Å². The summed E-state index contributed by atoms with van der Waals surface area (Å²) in [7, 11) is 0. The van der Waals surface area contributed by atoms with Crippen LogP contribution in [0.15, 0.2) is 48.5 Å². The molecular weight excluding hydrogens is 242 g/mol. The number of non-ortho nitro benzene ring substituents is 1. The molecule has 19 heavy (non-hydrogen) atoms. The summed E-state index contributed by atoms with van der Waals surface area (Å²) >= 11 is 0. The zero-order chi connectivity index (χ0) is 13.8. The number of benzene rings is 2. The molecule has 0 heterocycles. The minimum absolute atomic E-state index is 0.0159. The van der Waals surface area contributed by atoms with Gasteiger partial charge in [0.2, 0.25) is 0 Å². The highest BCUT2D eigenvalue weighted by Crippen LogP contribution is 2.16. The summed E-state index contributed by atoms with van der Waals surface area (Å²) in [5.74, 6) is -0.127. The van der Waals surface area contributed by atoms with Gasteiger partial charge in [0.15, 0.2) is 5.78 Å². The summed E-state index contributed by atoms with van der Waals surface area (Å²) in [6.45, 7) is 2.05. The molecule has 4 heteroatoms. The smallest absolute Gasteiger partial charge is 0.269 e. The Kier molecular flexibility index (Phi) is 3.71. The quantitative estimate of drug-likeness (QED) is 0.478. The van der Waals surface area contributed by atoms with Gasteiger partial charge in [0, 0.05) is 23.3 Å². The number of hydrogen-bond acceptors (Lipinski definition) is 3. The van der Waals surface area contributed by atoms with Crippen LogP contribution in [0.1, 0.15) is 28.4 Å². The van der Waals surface area contributed by atoms with Crippen LogP contribution in [0, 0.1) is 10.1 Å². The fourth-order valence-electron chi connectivity index (χ4n) is 1.79. The fraction of sp³-hybridized carbons (Fsp3) is 0.133. The average molecular weight is 255 g/mol. The van der Waals surface area contributed by atoms with Crippen LogP contribution in [0.4, 0.5) is 5.69 Å². The number of nitro benzene ring substituents is 1. The molecule has 0 spiro atoms. The third-order valence-corrected chi connectivity index (χ3v) is 2.96. The molecule has 2 aromatic rings. The van der Waals surface area contributed by atoms with Crippen molar-refractivity contribution in [3.05, 3.63) is 75.3 Å². The summed E-state index contributed by atoms with van der Waals surface area (Å²) in [4.78, 5) is 22.2. The first kappa shape index (κ1) is 13.0. The highest BCUT2D eigenvalue weighted by molar-refractivity contribution is 6.09. The van der Waals surface area contributed by atoms with E-state index in [2.05, 4.69) is 0 Å². The van der Waals surface area contributed by atoms with Crippen molar-refractivity contribution < 1.29 is 9.72 Å². The predicted molar refractivity (Wildman–Crippen MR) is 72.3 cm³/mol. The second kappa shape index (κ2) is 5.44. The van der Waals surface area contributed by atoms with E-state index < -0.39 is 4.92 Å². The molecule has 2 rings (SSSR count). The third kappa shape index (κ3) is 2.85. The maximum Gasteiger partial charge on any atom is 0.269 e. The highest BCUT2D eigenvalue weighted by Gasteiger charge is 2.11. The topological polar surface area (TPSA) is 60.2 Å². The van der Waals surface area contributed by atoms with Gasteiger partial charge in [-0.25, -0.2) is 0 Å². The molecule has 2 aromatic carbocycles. The lowest BCUT2D eigenvalue weighted by Crippen LogP contribution is -2.01. The molecule has 0 radical (unpaired) electrons. The Balaban J connectivity index is 2.25. The van der Waals surface area contributed by atoms with Crippen molar-refractivity contribution in [3.8, 4) is 0 Å². The Morgan fingerprint density at radius 2 is 1.47 bits per heavy atom. The SMILES string of the molecule is CCc1ccc(C(=O)c2ccc([N+](=O)[O-])cc2)cc1. The maximum atomic E-state index is 12.2. The van der Waals surface area contributed by atoms with E-state index in [0.717, 1.165) is 6.42 Å². The normalized spacial score (nSPS) is 10.2. The van der Waals surface area contributed by atoms with Crippen LogP contribution < -0.4 is 0 Å². The van der Waals surface area contributed by atoms with E-state index in [0.29, 0.717) is 11.1 Å². The summed E-state index contributed by atoms with van der Waals surface area (Å²) in [6.07, 6.45) is 0.923. The van der Waals surface area contributed by atoms with Crippen LogP contribution in [0.5, 0.6) is 0 Å². The lowest BCUT2D eigenvalue weighted by atomic mass is 10.0. The molecule has 0 aliphatic rings. The first-order chi connectivity index (χ1) is 9.11. The number of rotatable bonds is 4. The van der Waals surface area contributed by atoms with Gasteiger partial charge in [-0.15, -0.1) is 0 Å². The molecule has 0 aliphatic heterocycles. The van der Waals surface area contributed by atoms with Crippen LogP contribution in [0.25, 0.3) is 0 Å². The van der Waals surface area contributed by atoms with Crippen molar-refractivity contribution in [3.63, 3.8) is 0 Å². The number of carbonyl (C=O) groups excluding carboxylic acids is 1. The van der Waals surface area contributed by atoms with Crippen LogP contribution in [0.2, 0.25) is 0 Å². The number of carbonyl (C=O) groups is 1. The first-order valence-electron chi connectivity index (χ1n) is 6.00. The van der Waals surface area contributed by atoms with Gasteiger partial charge in [0.25, 0.3) is 5.69 Å². The lowest BCUT2D eigenvalue weighted by Gasteiger charge is -2.02. The van der Waals surface area contributed by atoms with Gasteiger partial charge < -0.3 is 0 Å². The van der Waals surface area contributed by atoms with E-state index in [1.807, 2.05) is 19.1 Å². The summed E-state index contributed by atoms with van der Waals surface area (Å²) in [5, 5.41) is 10.5.